The SMILES string of the molecule is C1=CC2C=C3C=CC2(C=C1)C3. The van der Waals surface area contributed by atoms with Gasteiger partial charge in [0.25, 0.3) is 0 Å². The standard InChI is InChI=1S/C11H10/c1-2-5-11-6-4-9(8-11)7-10(11)3-1/h1-7,10H,8H2. The smallest absolute Gasteiger partial charge is 0.0205 e. The van der Waals surface area contributed by atoms with Gasteiger partial charge in [-0.1, -0.05) is 48.1 Å². The fourth-order valence-corrected chi connectivity index (χ4v) is 2.34. The first-order chi connectivity index (χ1) is 5.39. The monoisotopic (exact) mass is 142 g/mol. The van der Waals surface area contributed by atoms with Gasteiger partial charge in [0.2, 0.25) is 0 Å². The van der Waals surface area contributed by atoms with Crippen molar-refractivity contribution in [1.29, 1.82) is 0 Å². The fraction of sp³-hybridized carbons (Fsp3) is 0.273. The van der Waals surface area contributed by atoms with E-state index >= 15 is 0 Å². The molecule has 1 spiro atoms. The maximum absolute atomic E-state index is 2.39. The number of rotatable bonds is 0. The zero-order valence-corrected chi connectivity index (χ0v) is 6.33. The average Bonchev–Trinajstić information content (AvgIpc) is 2.57. The average molecular weight is 142 g/mol. The van der Waals surface area contributed by atoms with Gasteiger partial charge in [0.1, 0.15) is 0 Å². The van der Waals surface area contributed by atoms with Gasteiger partial charge in [-0.2, -0.15) is 0 Å². The molecule has 2 bridgehead atoms. The lowest BCUT2D eigenvalue weighted by Crippen LogP contribution is -2.19. The van der Waals surface area contributed by atoms with E-state index in [4.69, 9.17) is 0 Å². The van der Waals surface area contributed by atoms with E-state index in [0.717, 1.165) is 0 Å². The van der Waals surface area contributed by atoms with Crippen molar-refractivity contribution in [3.8, 4) is 0 Å². The molecule has 0 aromatic carbocycles. The third kappa shape index (κ3) is 0.555. The lowest BCUT2D eigenvalue weighted by Gasteiger charge is -2.27. The van der Waals surface area contributed by atoms with Gasteiger partial charge < -0.3 is 0 Å². The minimum Gasteiger partial charge on any atom is -0.0764 e. The number of hydrogen-bond acceptors (Lipinski definition) is 0. The maximum atomic E-state index is 2.39. The van der Waals surface area contributed by atoms with Crippen molar-refractivity contribution in [2.75, 3.05) is 0 Å². The second-order valence-electron chi connectivity index (χ2n) is 3.63. The van der Waals surface area contributed by atoms with Gasteiger partial charge >= 0.3 is 0 Å². The Labute approximate surface area is 66.6 Å². The van der Waals surface area contributed by atoms with Crippen LogP contribution >= 0.6 is 0 Å². The Bertz CT molecular complexity index is 315. The van der Waals surface area contributed by atoms with Crippen LogP contribution in [0.5, 0.6) is 0 Å². The Morgan fingerprint density at radius 2 is 2.27 bits per heavy atom. The molecule has 0 saturated heterocycles. The zero-order valence-electron chi connectivity index (χ0n) is 6.33. The molecule has 0 radical (unpaired) electrons. The summed E-state index contributed by atoms with van der Waals surface area (Å²) < 4.78 is 0. The van der Waals surface area contributed by atoms with E-state index in [2.05, 4.69) is 42.5 Å². The Kier molecular flexibility index (Phi) is 0.803. The van der Waals surface area contributed by atoms with Crippen molar-refractivity contribution < 1.29 is 0 Å². The molecule has 0 N–H and O–H groups in total. The molecule has 3 aliphatic rings. The van der Waals surface area contributed by atoms with Gasteiger partial charge in [-0.05, 0) is 6.42 Å². The molecule has 54 valence electrons. The molecule has 3 rings (SSSR count). The highest BCUT2D eigenvalue weighted by molar-refractivity contribution is 5.46. The van der Waals surface area contributed by atoms with Gasteiger partial charge in [-0.15, -0.1) is 0 Å². The van der Waals surface area contributed by atoms with Gasteiger partial charge in [0.15, 0.2) is 0 Å². The number of fused-ring (bicyclic) bond motifs is 1. The van der Waals surface area contributed by atoms with Crippen molar-refractivity contribution >= 4 is 0 Å². The molecule has 0 aliphatic heterocycles. The molecule has 11 heavy (non-hydrogen) atoms. The van der Waals surface area contributed by atoms with Crippen LogP contribution in [0.1, 0.15) is 6.42 Å². The second kappa shape index (κ2) is 1.58. The third-order valence-electron chi connectivity index (χ3n) is 2.97. The molecule has 0 heteroatoms. The molecule has 0 nitrogen and oxygen atoms in total. The minimum atomic E-state index is 0.365. The lowest BCUT2D eigenvalue weighted by molar-refractivity contribution is 0.452. The zero-order chi connectivity index (χ0) is 7.31. The van der Waals surface area contributed by atoms with E-state index in [-0.39, 0.29) is 0 Å². The highest BCUT2D eigenvalue weighted by atomic mass is 14.4. The van der Waals surface area contributed by atoms with E-state index in [1.54, 1.807) is 0 Å². The molecule has 0 aromatic heterocycles. The Balaban J connectivity index is 2.19. The highest BCUT2D eigenvalue weighted by Gasteiger charge is 2.41. The highest BCUT2D eigenvalue weighted by Crippen LogP contribution is 2.51. The summed E-state index contributed by atoms with van der Waals surface area (Å²) in [5, 5.41) is 0. The summed E-state index contributed by atoms with van der Waals surface area (Å²) >= 11 is 0. The first-order valence-corrected chi connectivity index (χ1v) is 4.15. The number of allylic oxidation sites excluding steroid dienone is 8. The topological polar surface area (TPSA) is 0 Å². The summed E-state index contributed by atoms with van der Waals surface area (Å²) in [5.41, 5.74) is 1.88. The lowest BCUT2D eigenvalue weighted by atomic mass is 9.76. The van der Waals surface area contributed by atoms with E-state index in [1.165, 1.54) is 12.0 Å². The Hall–Kier alpha value is -1.04. The molecule has 0 amide bonds. The second-order valence-corrected chi connectivity index (χ2v) is 3.63. The van der Waals surface area contributed by atoms with Crippen LogP contribution < -0.4 is 0 Å². The first-order valence-electron chi connectivity index (χ1n) is 4.15. The van der Waals surface area contributed by atoms with E-state index in [9.17, 15) is 0 Å². The van der Waals surface area contributed by atoms with E-state index < -0.39 is 0 Å². The first kappa shape index (κ1) is 5.59. The summed E-state index contributed by atoms with van der Waals surface area (Å²) in [5.74, 6) is 0.660. The quantitative estimate of drug-likeness (QED) is 0.487. The van der Waals surface area contributed by atoms with E-state index in [1.807, 2.05) is 0 Å². The van der Waals surface area contributed by atoms with Crippen LogP contribution in [0.25, 0.3) is 0 Å². The molecular formula is C11H10. The summed E-state index contributed by atoms with van der Waals surface area (Å²) in [4.78, 5) is 0. The van der Waals surface area contributed by atoms with Crippen LogP contribution in [-0.4, -0.2) is 0 Å². The number of hydrogen-bond donors (Lipinski definition) is 0. The van der Waals surface area contributed by atoms with E-state index in [0.29, 0.717) is 11.3 Å². The van der Waals surface area contributed by atoms with Crippen molar-refractivity contribution in [3.05, 3.63) is 48.1 Å². The fourth-order valence-electron chi connectivity index (χ4n) is 2.34. The van der Waals surface area contributed by atoms with Crippen molar-refractivity contribution in [2.24, 2.45) is 11.3 Å². The molecule has 2 atom stereocenters. The molecule has 2 unspecified atom stereocenters. The van der Waals surface area contributed by atoms with Gasteiger partial charge in [-0.25, -0.2) is 0 Å². The summed E-state index contributed by atoms with van der Waals surface area (Å²) in [6, 6.07) is 0. The van der Waals surface area contributed by atoms with Crippen LogP contribution in [-0.2, 0) is 0 Å². The predicted octanol–water partition coefficient (Wildman–Crippen LogP) is 2.61. The minimum absolute atomic E-state index is 0.365. The van der Waals surface area contributed by atoms with Gasteiger partial charge in [0, 0.05) is 11.3 Å². The molecule has 0 heterocycles. The third-order valence-corrected chi connectivity index (χ3v) is 2.97. The van der Waals surface area contributed by atoms with Crippen LogP contribution in [0.4, 0.5) is 0 Å². The molecular weight excluding hydrogens is 132 g/mol. The Morgan fingerprint density at radius 1 is 1.27 bits per heavy atom. The largest absolute Gasteiger partial charge is 0.0764 e. The summed E-state index contributed by atoms with van der Waals surface area (Å²) in [7, 11) is 0. The molecule has 0 fully saturated rings. The van der Waals surface area contributed by atoms with Crippen molar-refractivity contribution in [3.63, 3.8) is 0 Å². The maximum Gasteiger partial charge on any atom is 0.0205 e. The molecule has 0 aromatic rings. The summed E-state index contributed by atoms with van der Waals surface area (Å²) in [6.45, 7) is 0. The molecule has 0 saturated carbocycles. The van der Waals surface area contributed by atoms with Crippen LogP contribution in [0.15, 0.2) is 48.1 Å². The molecule has 3 aliphatic carbocycles. The normalized spacial score (nSPS) is 42.9. The van der Waals surface area contributed by atoms with Crippen LogP contribution in [0, 0.1) is 11.3 Å². The van der Waals surface area contributed by atoms with Crippen molar-refractivity contribution in [2.45, 2.75) is 6.42 Å². The van der Waals surface area contributed by atoms with Gasteiger partial charge in [0.05, 0.1) is 0 Å². The predicted molar refractivity (Wildman–Crippen MR) is 46.0 cm³/mol. The van der Waals surface area contributed by atoms with Crippen LogP contribution in [0.2, 0.25) is 0 Å². The Morgan fingerprint density at radius 3 is 3.09 bits per heavy atom. The summed E-state index contributed by atoms with van der Waals surface area (Å²) in [6.07, 6.45) is 17.2. The van der Waals surface area contributed by atoms with Crippen molar-refractivity contribution in [1.82, 2.24) is 0 Å². The van der Waals surface area contributed by atoms with Crippen LogP contribution in [0.3, 0.4) is 0 Å². The van der Waals surface area contributed by atoms with Gasteiger partial charge in [-0.3, -0.25) is 0 Å².